The summed E-state index contributed by atoms with van der Waals surface area (Å²) in [7, 11) is 1.63. The summed E-state index contributed by atoms with van der Waals surface area (Å²) < 4.78 is 0. The van der Waals surface area contributed by atoms with Crippen LogP contribution in [-0.4, -0.2) is 70.8 Å². The van der Waals surface area contributed by atoms with Crippen LogP contribution in [0.5, 0.6) is 0 Å². The van der Waals surface area contributed by atoms with Gasteiger partial charge in [-0.3, -0.25) is 24.2 Å². The van der Waals surface area contributed by atoms with Crippen molar-refractivity contribution in [3.63, 3.8) is 0 Å². The Morgan fingerprint density at radius 2 is 1.83 bits per heavy atom. The van der Waals surface area contributed by atoms with Crippen molar-refractivity contribution < 1.29 is 19.2 Å². The third-order valence-corrected chi connectivity index (χ3v) is 4.02. The van der Waals surface area contributed by atoms with Crippen LogP contribution in [0.2, 0.25) is 0 Å². The molecule has 0 spiro atoms. The van der Waals surface area contributed by atoms with Crippen molar-refractivity contribution in [3.05, 3.63) is 0 Å². The van der Waals surface area contributed by atoms with Gasteiger partial charge in [-0.2, -0.15) is 0 Å². The van der Waals surface area contributed by atoms with Crippen molar-refractivity contribution in [3.8, 4) is 0 Å². The molecular formula is C15H24N4O4. The molecule has 1 N–H and O–H groups in total. The van der Waals surface area contributed by atoms with Crippen LogP contribution in [0.4, 0.5) is 4.79 Å². The lowest BCUT2D eigenvalue weighted by Crippen LogP contribution is -2.46. The molecule has 1 aliphatic heterocycles. The second kappa shape index (κ2) is 7.08. The minimum atomic E-state index is -0.807. The first-order chi connectivity index (χ1) is 10.8. The molecule has 1 aliphatic carbocycles. The molecule has 0 bridgehead atoms. The molecular weight excluding hydrogens is 300 g/mol. The molecule has 0 unspecified atom stereocenters. The topological polar surface area (TPSA) is 90.0 Å². The van der Waals surface area contributed by atoms with Crippen LogP contribution in [0.1, 0.15) is 39.5 Å². The van der Waals surface area contributed by atoms with Crippen LogP contribution in [0.25, 0.3) is 0 Å². The fourth-order valence-electron chi connectivity index (χ4n) is 3.04. The van der Waals surface area contributed by atoms with Gasteiger partial charge in [0.05, 0.1) is 13.2 Å². The van der Waals surface area contributed by atoms with Crippen molar-refractivity contribution in [1.29, 1.82) is 0 Å². The van der Waals surface area contributed by atoms with E-state index in [1.54, 1.807) is 11.9 Å². The summed E-state index contributed by atoms with van der Waals surface area (Å²) in [5.41, 5.74) is 0. The Morgan fingerprint density at radius 3 is 2.39 bits per heavy atom. The number of rotatable bonds is 6. The van der Waals surface area contributed by atoms with Gasteiger partial charge in [-0.15, -0.1) is 0 Å². The Balaban J connectivity index is 1.96. The molecule has 23 heavy (non-hydrogen) atoms. The predicted octanol–water partition coefficient (Wildman–Crippen LogP) is 0.134. The van der Waals surface area contributed by atoms with Crippen molar-refractivity contribution >= 4 is 23.8 Å². The molecule has 2 aliphatic rings. The van der Waals surface area contributed by atoms with Gasteiger partial charge in [0.1, 0.15) is 0 Å². The molecule has 1 saturated carbocycles. The van der Waals surface area contributed by atoms with E-state index in [0.29, 0.717) is 0 Å². The van der Waals surface area contributed by atoms with Crippen LogP contribution in [0.15, 0.2) is 0 Å². The van der Waals surface area contributed by atoms with Crippen LogP contribution >= 0.6 is 0 Å². The fraction of sp³-hybridized carbons (Fsp3) is 0.733. The van der Waals surface area contributed by atoms with Gasteiger partial charge in [0, 0.05) is 12.1 Å². The molecule has 5 amide bonds. The number of nitrogens with one attached hydrogen (secondary N) is 1. The lowest BCUT2D eigenvalue weighted by molar-refractivity contribution is -0.144. The van der Waals surface area contributed by atoms with Crippen molar-refractivity contribution in [2.75, 3.05) is 20.3 Å². The molecule has 1 saturated heterocycles. The van der Waals surface area contributed by atoms with Crippen LogP contribution in [0.3, 0.4) is 0 Å². The number of amides is 5. The van der Waals surface area contributed by atoms with Gasteiger partial charge < -0.3 is 5.32 Å². The number of imide groups is 2. The van der Waals surface area contributed by atoms with Gasteiger partial charge in [0.25, 0.3) is 0 Å². The molecule has 0 radical (unpaired) electrons. The second-order valence-corrected chi connectivity index (χ2v) is 6.51. The summed E-state index contributed by atoms with van der Waals surface area (Å²) >= 11 is 0. The SMILES string of the molecule is CC(C)NC(=O)CN(C)CN1C(=O)C(=O)N(C2CCCC2)C1=O. The number of carbonyl (C=O) groups excluding carboxylic acids is 4. The maximum atomic E-state index is 12.4. The molecule has 0 aromatic carbocycles. The van der Waals surface area contributed by atoms with Crippen LogP contribution in [-0.2, 0) is 14.4 Å². The highest BCUT2D eigenvalue weighted by molar-refractivity contribution is 6.44. The van der Waals surface area contributed by atoms with Gasteiger partial charge in [0.15, 0.2) is 0 Å². The summed E-state index contributed by atoms with van der Waals surface area (Å²) in [6, 6.07) is -0.716. The number of hydrogen-bond donors (Lipinski definition) is 1. The number of nitrogens with zero attached hydrogens (tertiary/aromatic N) is 3. The quantitative estimate of drug-likeness (QED) is 0.554. The normalized spacial score (nSPS) is 19.6. The predicted molar refractivity (Wildman–Crippen MR) is 82.1 cm³/mol. The minimum absolute atomic E-state index is 0.0189. The largest absolute Gasteiger partial charge is 0.353 e. The van der Waals surface area contributed by atoms with E-state index in [1.807, 2.05) is 13.8 Å². The minimum Gasteiger partial charge on any atom is -0.353 e. The van der Waals surface area contributed by atoms with E-state index in [4.69, 9.17) is 0 Å². The number of urea groups is 1. The molecule has 2 fully saturated rings. The molecule has 8 nitrogen and oxygen atoms in total. The molecule has 128 valence electrons. The van der Waals surface area contributed by atoms with Crippen molar-refractivity contribution in [2.45, 2.75) is 51.6 Å². The van der Waals surface area contributed by atoms with Crippen molar-refractivity contribution in [2.24, 2.45) is 0 Å². The summed E-state index contributed by atoms with van der Waals surface area (Å²) in [6.07, 6.45) is 3.44. The Morgan fingerprint density at radius 1 is 1.22 bits per heavy atom. The molecule has 0 aromatic rings. The van der Waals surface area contributed by atoms with E-state index in [9.17, 15) is 19.2 Å². The summed E-state index contributed by atoms with van der Waals surface area (Å²) in [5.74, 6) is -1.75. The Hall–Kier alpha value is -1.96. The van der Waals surface area contributed by atoms with Gasteiger partial charge in [-0.25, -0.2) is 9.69 Å². The highest BCUT2D eigenvalue weighted by Gasteiger charge is 2.48. The van der Waals surface area contributed by atoms with E-state index in [0.717, 1.165) is 35.5 Å². The average molecular weight is 324 g/mol. The second-order valence-electron chi connectivity index (χ2n) is 6.51. The first-order valence-corrected chi connectivity index (χ1v) is 7.98. The third-order valence-electron chi connectivity index (χ3n) is 4.02. The molecule has 1 heterocycles. The Labute approximate surface area is 135 Å². The first kappa shape index (κ1) is 17.4. The fourth-order valence-corrected chi connectivity index (χ4v) is 3.04. The number of hydrogen-bond acceptors (Lipinski definition) is 5. The van der Waals surface area contributed by atoms with E-state index in [2.05, 4.69) is 5.32 Å². The highest BCUT2D eigenvalue weighted by atomic mass is 16.2. The standard InChI is InChI=1S/C15H24N4O4/c1-10(2)16-12(20)8-17(3)9-18-13(21)14(22)19(15(18)23)11-6-4-5-7-11/h10-11H,4-9H2,1-3H3,(H,16,20). The zero-order valence-electron chi connectivity index (χ0n) is 13.9. The lowest BCUT2D eigenvalue weighted by atomic mass is 10.2. The molecule has 0 aromatic heterocycles. The third kappa shape index (κ3) is 3.87. The maximum absolute atomic E-state index is 12.4. The zero-order chi connectivity index (χ0) is 17.1. The summed E-state index contributed by atoms with van der Waals surface area (Å²) in [6.45, 7) is 3.68. The van der Waals surface area contributed by atoms with E-state index < -0.39 is 17.8 Å². The smallest absolute Gasteiger partial charge is 0.335 e. The lowest BCUT2D eigenvalue weighted by Gasteiger charge is -2.24. The van der Waals surface area contributed by atoms with Gasteiger partial charge >= 0.3 is 17.8 Å². The van der Waals surface area contributed by atoms with Gasteiger partial charge in [-0.1, -0.05) is 12.8 Å². The summed E-state index contributed by atoms with van der Waals surface area (Å²) in [4.78, 5) is 51.8. The number of likely N-dealkylation sites (N-methyl/N-ethyl adjacent to an activating group) is 1. The van der Waals surface area contributed by atoms with Crippen LogP contribution < -0.4 is 5.32 Å². The monoisotopic (exact) mass is 324 g/mol. The molecule has 0 atom stereocenters. The Bertz CT molecular complexity index is 514. The average Bonchev–Trinajstić information content (AvgIpc) is 3.02. The Kier molecular flexibility index (Phi) is 5.35. The van der Waals surface area contributed by atoms with Crippen molar-refractivity contribution in [1.82, 2.24) is 20.0 Å². The zero-order valence-corrected chi connectivity index (χ0v) is 13.9. The van der Waals surface area contributed by atoms with Crippen LogP contribution in [0, 0.1) is 0 Å². The van der Waals surface area contributed by atoms with E-state index in [-0.39, 0.29) is 31.2 Å². The van der Waals surface area contributed by atoms with E-state index in [1.165, 1.54) is 0 Å². The summed E-state index contributed by atoms with van der Waals surface area (Å²) in [5, 5.41) is 2.74. The number of carbonyl (C=O) groups is 4. The molecule has 2 rings (SSSR count). The highest BCUT2D eigenvalue weighted by Crippen LogP contribution is 2.27. The van der Waals surface area contributed by atoms with Gasteiger partial charge in [0.2, 0.25) is 5.91 Å². The molecule has 8 heteroatoms. The first-order valence-electron chi connectivity index (χ1n) is 7.98. The maximum Gasteiger partial charge on any atom is 0.335 e. The van der Waals surface area contributed by atoms with E-state index >= 15 is 0 Å². The van der Waals surface area contributed by atoms with Gasteiger partial charge in [-0.05, 0) is 33.7 Å².